The van der Waals surface area contributed by atoms with Gasteiger partial charge in [0.05, 0.1) is 0 Å². The molecule has 0 saturated carbocycles. The maximum Gasteiger partial charge on any atom is 0.253 e. The quantitative estimate of drug-likeness (QED) is 0.102. The van der Waals surface area contributed by atoms with Gasteiger partial charge in [-0.05, 0) is 25.7 Å². The van der Waals surface area contributed by atoms with Gasteiger partial charge >= 0.3 is 0 Å². The topological polar surface area (TPSA) is 44.8 Å². The summed E-state index contributed by atoms with van der Waals surface area (Å²) >= 11 is 0. The van der Waals surface area contributed by atoms with Gasteiger partial charge in [0, 0.05) is 24.7 Å². The fraction of sp³-hybridized carbons (Fsp3) is 0.320. The number of hydrogen-bond acceptors (Lipinski definition) is 4. The second-order valence-corrected chi connectivity index (χ2v) is 6.67. The summed E-state index contributed by atoms with van der Waals surface area (Å²) < 4.78 is 5.85. The molecule has 2 aromatic carbocycles. The number of hydrogen-bond donors (Lipinski definition) is 0. The van der Waals surface area contributed by atoms with Crippen LogP contribution in [0.2, 0.25) is 0 Å². The van der Waals surface area contributed by atoms with Crippen LogP contribution < -0.4 is 0 Å². The van der Waals surface area contributed by atoms with Crippen LogP contribution in [0.4, 0.5) is 0 Å². The first-order chi connectivity index (χ1) is 14.3. The summed E-state index contributed by atoms with van der Waals surface area (Å²) in [5, 5.41) is 0. The van der Waals surface area contributed by atoms with Gasteiger partial charge < -0.3 is 9.53 Å². The molecule has 0 aliphatic heterocycles. The third-order valence-electron chi connectivity index (χ3n) is 4.62. The van der Waals surface area contributed by atoms with Gasteiger partial charge in [-0.2, -0.15) is 4.89 Å². The molecule has 0 fully saturated rings. The highest BCUT2D eigenvalue weighted by molar-refractivity contribution is 5.50. The molecule has 0 heterocycles. The Balaban J connectivity index is 2.14. The molecule has 0 N–H and O–H groups in total. The van der Waals surface area contributed by atoms with Crippen molar-refractivity contribution in [2.45, 2.75) is 44.0 Å². The molecule has 0 saturated heterocycles. The molecule has 0 aromatic heterocycles. The monoisotopic (exact) mass is 394 g/mol. The van der Waals surface area contributed by atoms with Crippen LogP contribution in [-0.2, 0) is 25.1 Å². The molecule has 4 nitrogen and oxygen atoms in total. The van der Waals surface area contributed by atoms with Crippen LogP contribution in [0.25, 0.3) is 0 Å². The summed E-state index contributed by atoms with van der Waals surface area (Å²) in [4.78, 5) is 22.8. The van der Waals surface area contributed by atoms with Gasteiger partial charge in [0.1, 0.15) is 12.4 Å². The zero-order chi connectivity index (χ0) is 20.8. The van der Waals surface area contributed by atoms with E-state index in [4.69, 9.17) is 14.5 Å². The van der Waals surface area contributed by atoms with E-state index in [0.717, 1.165) is 36.7 Å². The summed E-state index contributed by atoms with van der Waals surface area (Å²) in [6, 6.07) is 19.3. The fourth-order valence-electron chi connectivity index (χ4n) is 3.03. The predicted octanol–water partition coefficient (Wildman–Crippen LogP) is 5.74. The Bertz CT molecular complexity index is 700. The lowest BCUT2D eigenvalue weighted by Crippen LogP contribution is -2.35. The van der Waals surface area contributed by atoms with Crippen molar-refractivity contribution < 1.29 is 19.3 Å². The molecule has 154 valence electrons. The van der Waals surface area contributed by atoms with Gasteiger partial charge in [-0.15, -0.1) is 6.58 Å². The van der Waals surface area contributed by atoms with Gasteiger partial charge in [-0.1, -0.05) is 78.9 Å². The van der Waals surface area contributed by atoms with Crippen LogP contribution in [0, 0.1) is 0 Å². The lowest BCUT2D eigenvalue weighted by atomic mass is 9.97. The zero-order valence-corrected chi connectivity index (χ0v) is 17.0. The highest BCUT2D eigenvalue weighted by atomic mass is 17.2. The van der Waals surface area contributed by atoms with Gasteiger partial charge in [0.2, 0.25) is 0 Å². The summed E-state index contributed by atoms with van der Waals surface area (Å²) in [6.07, 6.45) is 10.3. The van der Waals surface area contributed by atoms with Crippen molar-refractivity contribution in [3.05, 3.63) is 96.6 Å². The number of unbranched alkanes of at least 4 members (excludes halogenated alkanes) is 1. The van der Waals surface area contributed by atoms with Crippen molar-refractivity contribution in [2.75, 3.05) is 7.11 Å². The second kappa shape index (κ2) is 12.8. The van der Waals surface area contributed by atoms with Gasteiger partial charge in [-0.3, -0.25) is 0 Å². The SMILES string of the molecule is C=CCC/C=C/CCC(CC=O)OOC(OC)(c1ccccc1)c1ccccc1. The highest BCUT2D eigenvalue weighted by Gasteiger charge is 2.38. The Morgan fingerprint density at radius 2 is 1.52 bits per heavy atom. The Morgan fingerprint density at radius 1 is 0.931 bits per heavy atom. The van der Waals surface area contributed by atoms with Crippen LogP contribution in [0.1, 0.15) is 43.2 Å². The van der Waals surface area contributed by atoms with Crippen LogP contribution in [0.3, 0.4) is 0 Å². The van der Waals surface area contributed by atoms with Crippen LogP contribution >= 0.6 is 0 Å². The van der Waals surface area contributed by atoms with Crippen molar-refractivity contribution in [1.29, 1.82) is 0 Å². The summed E-state index contributed by atoms with van der Waals surface area (Å²) in [5.41, 5.74) is 1.62. The minimum atomic E-state index is -1.22. The first kappa shape index (κ1) is 22.8. The minimum absolute atomic E-state index is 0.254. The molecule has 0 amide bonds. The third-order valence-corrected chi connectivity index (χ3v) is 4.62. The highest BCUT2D eigenvalue weighted by Crippen LogP contribution is 2.35. The number of methoxy groups -OCH3 is 1. The van der Waals surface area contributed by atoms with Crippen molar-refractivity contribution in [2.24, 2.45) is 0 Å². The summed E-state index contributed by atoms with van der Waals surface area (Å²) in [5.74, 6) is -1.22. The number of carbonyl (C=O) groups excluding carboxylic acids is 1. The van der Waals surface area contributed by atoms with E-state index in [2.05, 4.69) is 18.7 Å². The average molecular weight is 395 g/mol. The molecule has 29 heavy (non-hydrogen) atoms. The third kappa shape index (κ3) is 6.79. The van der Waals surface area contributed by atoms with E-state index in [9.17, 15) is 4.79 Å². The Labute approximate surface area is 173 Å². The normalized spacial score (nSPS) is 12.7. The Hall–Kier alpha value is -2.53. The molecule has 0 aliphatic rings. The summed E-state index contributed by atoms with van der Waals surface area (Å²) in [7, 11) is 1.58. The molecule has 2 rings (SSSR count). The largest absolute Gasteiger partial charge is 0.344 e. The number of aldehydes is 1. The predicted molar refractivity (Wildman–Crippen MR) is 115 cm³/mol. The van der Waals surface area contributed by atoms with Crippen LogP contribution in [0.5, 0.6) is 0 Å². The van der Waals surface area contributed by atoms with Crippen molar-refractivity contribution >= 4 is 6.29 Å². The number of carbonyl (C=O) groups is 1. The fourth-order valence-corrected chi connectivity index (χ4v) is 3.03. The van der Waals surface area contributed by atoms with E-state index >= 15 is 0 Å². The molecule has 4 heteroatoms. The molecule has 2 aromatic rings. The lowest BCUT2D eigenvalue weighted by Gasteiger charge is -2.33. The number of ether oxygens (including phenoxy) is 1. The maximum absolute atomic E-state index is 11.1. The van der Waals surface area contributed by atoms with Crippen molar-refractivity contribution in [3.63, 3.8) is 0 Å². The molecule has 0 bridgehead atoms. The lowest BCUT2D eigenvalue weighted by molar-refractivity contribution is -0.435. The Kier molecular flexibility index (Phi) is 10.1. The van der Waals surface area contributed by atoms with Crippen molar-refractivity contribution in [3.8, 4) is 0 Å². The second-order valence-electron chi connectivity index (χ2n) is 6.67. The molecule has 0 aliphatic carbocycles. The summed E-state index contributed by atoms with van der Waals surface area (Å²) in [6.45, 7) is 3.72. The maximum atomic E-state index is 11.1. The number of benzene rings is 2. The standard InChI is InChI=1S/C25H30O4/c1-3-4-5-6-7-14-19-24(20-21-26)28-29-25(27-2,22-15-10-8-11-16-22)23-17-12-9-13-18-23/h3,6-13,15-18,21,24H,1,4-5,14,19-20H2,2H3/b7-6+. The number of rotatable bonds is 14. The molecular weight excluding hydrogens is 364 g/mol. The molecule has 0 radical (unpaired) electrons. The van der Waals surface area contributed by atoms with Gasteiger partial charge in [-0.25, -0.2) is 4.89 Å². The van der Waals surface area contributed by atoms with E-state index < -0.39 is 5.79 Å². The van der Waals surface area contributed by atoms with E-state index in [1.165, 1.54) is 0 Å². The molecule has 1 atom stereocenters. The van der Waals surface area contributed by atoms with Gasteiger partial charge in [0.15, 0.2) is 0 Å². The van der Waals surface area contributed by atoms with Gasteiger partial charge in [0.25, 0.3) is 5.79 Å². The smallest absolute Gasteiger partial charge is 0.253 e. The molecular formula is C25H30O4. The van der Waals surface area contributed by atoms with E-state index in [1.54, 1.807) is 7.11 Å². The minimum Gasteiger partial charge on any atom is -0.344 e. The zero-order valence-electron chi connectivity index (χ0n) is 17.0. The molecule has 1 unspecified atom stereocenters. The first-order valence-corrected chi connectivity index (χ1v) is 9.97. The van der Waals surface area contributed by atoms with E-state index in [1.807, 2.05) is 66.7 Å². The average Bonchev–Trinajstić information content (AvgIpc) is 2.78. The number of allylic oxidation sites excluding steroid dienone is 3. The van der Waals surface area contributed by atoms with Crippen LogP contribution in [0.15, 0.2) is 85.5 Å². The van der Waals surface area contributed by atoms with Crippen molar-refractivity contribution in [1.82, 2.24) is 0 Å². The van der Waals surface area contributed by atoms with E-state index in [-0.39, 0.29) is 12.5 Å². The van der Waals surface area contributed by atoms with Crippen LogP contribution in [-0.4, -0.2) is 19.5 Å². The Morgan fingerprint density at radius 3 is 2.03 bits per heavy atom. The molecule has 0 spiro atoms. The van der Waals surface area contributed by atoms with E-state index in [0.29, 0.717) is 6.42 Å². The first-order valence-electron chi connectivity index (χ1n) is 9.97.